The van der Waals surface area contributed by atoms with Crippen molar-refractivity contribution in [2.75, 3.05) is 19.0 Å². The van der Waals surface area contributed by atoms with Gasteiger partial charge in [0.2, 0.25) is 5.91 Å². The number of methoxy groups -OCH3 is 1. The van der Waals surface area contributed by atoms with Crippen molar-refractivity contribution in [2.24, 2.45) is 0 Å². The zero-order valence-corrected chi connectivity index (χ0v) is 12.2. The normalized spacial score (nSPS) is 18.2. The molecule has 1 fully saturated rings. The molecule has 2 heterocycles. The molecule has 7 nitrogen and oxygen atoms in total. The number of nitrogens with zero attached hydrogens (tertiary/aromatic N) is 2. The third-order valence-corrected chi connectivity index (χ3v) is 3.40. The van der Waals surface area contributed by atoms with E-state index >= 15 is 0 Å². The van der Waals surface area contributed by atoms with Crippen LogP contribution in [0.25, 0.3) is 0 Å². The number of esters is 1. The molecular formula is C14H21N3O4. The van der Waals surface area contributed by atoms with Crippen LogP contribution in [0.1, 0.15) is 32.1 Å². The molecule has 1 aliphatic rings. The first-order valence-corrected chi connectivity index (χ1v) is 7.18. The van der Waals surface area contributed by atoms with E-state index < -0.39 is 0 Å². The van der Waals surface area contributed by atoms with E-state index in [1.807, 2.05) is 0 Å². The van der Waals surface area contributed by atoms with E-state index in [0.717, 1.165) is 25.9 Å². The number of hydrogen-bond donors (Lipinski definition) is 1. The highest BCUT2D eigenvalue weighted by Crippen LogP contribution is 2.17. The van der Waals surface area contributed by atoms with E-state index in [9.17, 15) is 9.59 Å². The molecule has 0 aromatic carbocycles. The lowest BCUT2D eigenvalue weighted by molar-refractivity contribution is -0.141. The Bertz CT molecular complexity index is 480. The van der Waals surface area contributed by atoms with Crippen molar-refractivity contribution >= 4 is 17.6 Å². The topological polar surface area (TPSA) is 82.5 Å². The van der Waals surface area contributed by atoms with E-state index in [-0.39, 0.29) is 24.5 Å². The molecule has 1 aliphatic heterocycles. The Morgan fingerprint density at radius 1 is 1.52 bits per heavy atom. The van der Waals surface area contributed by atoms with Crippen LogP contribution >= 0.6 is 0 Å². The Morgan fingerprint density at radius 3 is 3.10 bits per heavy atom. The molecule has 1 aromatic heterocycles. The number of carbonyl (C=O) groups excluding carboxylic acids is 2. The summed E-state index contributed by atoms with van der Waals surface area (Å²) in [4.78, 5) is 23.0. The molecule has 1 amide bonds. The van der Waals surface area contributed by atoms with Crippen LogP contribution < -0.4 is 5.32 Å². The second-order valence-corrected chi connectivity index (χ2v) is 5.08. The fraction of sp³-hybridized carbons (Fsp3) is 0.643. The average Bonchev–Trinajstić information content (AvgIpc) is 2.93. The minimum atomic E-state index is -0.384. The molecule has 7 heteroatoms. The number of carbonyl (C=O) groups is 2. The lowest BCUT2D eigenvalue weighted by Crippen LogP contribution is -2.21. The first-order chi connectivity index (χ1) is 10.2. The van der Waals surface area contributed by atoms with Crippen molar-refractivity contribution in [2.45, 2.75) is 44.8 Å². The van der Waals surface area contributed by atoms with Gasteiger partial charge in [0, 0.05) is 19.2 Å². The van der Waals surface area contributed by atoms with Gasteiger partial charge < -0.3 is 14.8 Å². The van der Waals surface area contributed by atoms with Crippen LogP contribution in [0, 0.1) is 0 Å². The highest BCUT2D eigenvalue weighted by Gasteiger charge is 2.15. The summed E-state index contributed by atoms with van der Waals surface area (Å²) in [5, 5.41) is 6.75. The maximum atomic E-state index is 11.8. The summed E-state index contributed by atoms with van der Waals surface area (Å²) in [6, 6.07) is 0. The smallest absolute Gasteiger partial charge is 0.327 e. The van der Waals surface area contributed by atoms with Crippen LogP contribution in [0.3, 0.4) is 0 Å². The molecule has 0 saturated carbocycles. The molecule has 1 unspecified atom stereocenters. The fourth-order valence-corrected chi connectivity index (χ4v) is 2.26. The molecule has 0 radical (unpaired) electrons. The number of anilines is 1. The van der Waals surface area contributed by atoms with Gasteiger partial charge in [0.15, 0.2) is 0 Å². The summed E-state index contributed by atoms with van der Waals surface area (Å²) < 4.78 is 11.6. The Balaban J connectivity index is 1.73. The summed E-state index contributed by atoms with van der Waals surface area (Å²) in [6.07, 6.45) is 7.80. The molecule has 1 atom stereocenters. The SMILES string of the molecule is COC(=O)Cn1cc(NC(=O)CCC2CCCCO2)cn1. The highest BCUT2D eigenvalue weighted by atomic mass is 16.5. The number of amides is 1. The van der Waals surface area contributed by atoms with Crippen molar-refractivity contribution in [3.05, 3.63) is 12.4 Å². The molecule has 1 aromatic rings. The molecule has 1 saturated heterocycles. The summed E-state index contributed by atoms with van der Waals surface area (Å²) in [5.41, 5.74) is 0.577. The second kappa shape index (κ2) is 7.78. The monoisotopic (exact) mass is 295 g/mol. The Kier molecular flexibility index (Phi) is 5.74. The second-order valence-electron chi connectivity index (χ2n) is 5.08. The Hall–Kier alpha value is -1.89. The Labute approximate surface area is 123 Å². The maximum Gasteiger partial charge on any atom is 0.327 e. The van der Waals surface area contributed by atoms with E-state index in [0.29, 0.717) is 12.1 Å². The third kappa shape index (κ3) is 5.18. The maximum absolute atomic E-state index is 11.8. The van der Waals surface area contributed by atoms with Crippen molar-refractivity contribution < 1.29 is 19.1 Å². The van der Waals surface area contributed by atoms with Gasteiger partial charge in [-0.15, -0.1) is 0 Å². The van der Waals surface area contributed by atoms with Gasteiger partial charge in [0.05, 0.1) is 25.1 Å². The number of rotatable bonds is 6. The molecule has 2 rings (SSSR count). The average molecular weight is 295 g/mol. The molecule has 0 spiro atoms. The zero-order valence-electron chi connectivity index (χ0n) is 12.2. The van der Waals surface area contributed by atoms with Crippen LogP contribution in [0.2, 0.25) is 0 Å². The van der Waals surface area contributed by atoms with Gasteiger partial charge in [-0.3, -0.25) is 14.3 Å². The van der Waals surface area contributed by atoms with Gasteiger partial charge in [0.25, 0.3) is 0 Å². The number of nitrogens with one attached hydrogen (secondary N) is 1. The first-order valence-electron chi connectivity index (χ1n) is 7.18. The van der Waals surface area contributed by atoms with Crippen molar-refractivity contribution in [3.63, 3.8) is 0 Å². The van der Waals surface area contributed by atoms with Crippen LogP contribution in [-0.4, -0.2) is 41.5 Å². The molecule has 21 heavy (non-hydrogen) atoms. The standard InChI is InChI=1S/C14H21N3O4/c1-20-14(19)10-17-9-11(8-15-17)16-13(18)6-5-12-4-2-3-7-21-12/h8-9,12H,2-7,10H2,1H3,(H,16,18). The van der Waals surface area contributed by atoms with Gasteiger partial charge >= 0.3 is 5.97 Å². The van der Waals surface area contributed by atoms with E-state index in [4.69, 9.17) is 4.74 Å². The van der Waals surface area contributed by atoms with Crippen LogP contribution in [0.15, 0.2) is 12.4 Å². The summed E-state index contributed by atoms with van der Waals surface area (Å²) in [7, 11) is 1.32. The molecular weight excluding hydrogens is 274 g/mol. The van der Waals surface area contributed by atoms with Gasteiger partial charge in [-0.2, -0.15) is 5.10 Å². The first kappa shape index (κ1) is 15.5. The van der Waals surface area contributed by atoms with Gasteiger partial charge in [-0.1, -0.05) is 0 Å². The molecule has 116 valence electrons. The van der Waals surface area contributed by atoms with Gasteiger partial charge in [-0.05, 0) is 25.7 Å². The summed E-state index contributed by atoms with van der Waals surface area (Å²) in [5.74, 6) is -0.452. The number of aromatic nitrogens is 2. The van der Waals surface area contributed by atoms with Crippen molar-refractivity contribution in [1.29, 1.82) is 0 Å². The highest BCUT2D eigenvalue weighted by molar-refractivity contribution is 5.90. The van der Waals surface area contributed by atoms with Gasteiger partial charge in [0.1, 0.15) is 6.54 Å². The van der Waals surface area contributed by atoms with E-state index in [1.165, 1.54) is 24.4 Å². The van der Waals surface area contributed by atoms with E-state index in [1.54, 1.807) is 6.20 Å². The van der Waals surface area contributed by atoms with E-state index in [2.05, 4.69) is 15.2 Å². The van der Waals surface area contributed by atoms with Crippen molar-refractivity contribution in [1.82, 2.24) is 9.78 Å². The Morgan fingerprint density at radius 2 is 2.38 bits per heavy atom. The predicted octanol–water partition coefficient (Wildman–Crippen LogP) is 1.34. The largest absolute Gasteiger partial charge is 0.468 e. The predicted molar refractivity (Wildman–Crippen MR) is 75.7 cm³/mol. The van der Waals surface area contributed by atoms with Crippen molar-refractivity contribution in [3.8, 4) is 0 Å². The van der Waals surface area contributed by atoms with Crippen LogP contribution in [0.5, 0.6) is 0 Å². The van der Waals surface area contributed by atoms with Gasteiger partial charge in [-0.25, -0.2) is 0 Å². The molecule has 1 N–H and O–H groups in total. The minimum absolute atomic E-state index is 0.0300. The van der Waals surface area contributed by atoms with Crippen LogP contribution in [-0.2, 0) is 25.6 Å². The summed E-state index contributed by atoms with van der Waals surface area (Å²) >= 11 is 0. The third-order valence-electron chi connectivity index (χ3n) is 3.40. The fourth-order valence-electron chi connectivity index (χ4n) is 2.26. The number of hydrogen-bond acceptors (Lipinski definition) is 5. The molecule has 0 aliphatic carbocycles. The minimum Gasteiger partial charge on any atom is -0.468 e. The lowest BCUT2D eigenvalue weighted by atomic mass is 10.0. The quantitative estimate of drug-likeness (QED) is 0.801. The zero-order chi connectivity index (χ0) is 15.1. The molecule has 0 bridgehead atoms. The van der Waals surface area contributed by atoms with Crippen LogP contribution in [0.4, 0.5) is 5.69 Å². The summed E-state index contributed by atoms with van der Waals surface area (Å²) in [6.45, 7) is 0.828. The lowest BCUT2D eigenvalue weighted by Gasteiger charge is -2.22. The number of ether oxygens (including phenoxy) is 2.